The number of aryl methyl sites for hydroxylation is 1. The lowest BCUT2D eigenvalue weighted by atomic mass is 9.87. The molecule has 1 heterocycles. The molecule has 0 saturated heterocycles. The second-order valence-corrected chi connectivity index (χ2v) is 6.65. The Bertz CT molecular complexity index is 410. The number of hydrogen-bond donors (Lipinski definition) is 1. The van der Waals surface area contributed by atoms with Gasteiger partial charge in [0.2, 0.25) is 0 Å². The number of nitrogens with zero attached hydrogens (tertiary/aromatic N) is 3. The molecule has 2 N–H and O–H groups in total. The summed E-state index contributed by atoms with van der Waals surface area (Å²) in [6.07, 6.45) is 7.68. The fourth-order valence-electron chi connectivity index (χ4n) is 3.29. The van der Waals surface area contributed by atoms with Gasteiger partial charge in [-0.25, -0.2) is 0 Å². The van der Waals surface area contributed by atoms with E-state index in [1.165, 1.54) is 24.8 Å². The molecule has 0 spiro atoms. The summed E-state index contributed by atoms with van der Waals surface area (Å²) < 4.78 is 1.86. The molecule has 0 aromatic carbocycles. The second kappa shape index (κ2) is 4.67. The van der Waals surface area contributed by atoms with E-state index in [0.29, 0.717) is 5.41 Å². The van der Waals surface area contributed by atoms with Crippen LogP contribution in [-0.2, 0) is 13.6 Å². The van der Waals surface area contributed by atoms with E-state index in [-0.39, 0.29) is 5.54 Å². The summed E-state index contributed by atoms with van der Waals surface area (Å²) in [5.74, 6) is 0. The summed E-state index contributed by atoms with van der Waals surface area (Å²) in [7, 11) is 4.15. The summed E-state index contributed by atoms with van der Waals surface area (Å²) in [5.41, 5.74) is 7.93. The maximum Gasteiger partial charge on any atom is 0.0534 e. The first-order valence-corrected chi connectivity index (χ1v) is 6.76. The quantitative estimate of drug-likeness (QED) is 0.886. The number of rotatable bonds is 4. The Hall–Kier alpha value is -0.870. The summed E-state index contributed by atoms with van der Waals surface area (Å²) in [4.78, 5) is 2.43. The number of likely N-dealkylation sites (N-methyl/N-ethyl adjacent to an activating group) is 1. The topological polar surface area (TPSA) is 47.1 Å². The van der Waals surface area contributed by atoms with Crippen molar-refractivity contribution in [3.05, 3.63) is 18.0 Å². The minimum absolute atomic E-state index is 0.166. The predicted octanol–water partition coefficient (Wildman–Crippen LogP) is 1.76. The lowest BCUT2D eigenvalue weighted by molar-refractivity contribution is 0.111. The molecule has 0 aliphatic heterocycles. The fourth-order valence-corrected chi connectivity index (χ4v) is 3.29. The molecule has 1 saturated carbocycles. The molecule has 0 amide bonds. The molecule has 1 atom stereocenters. The molecule has 0 bridgehead atoms. The zero-order valence-corrected chi connectivity index (χ0v) is 12.1. The highest BCUT2D eigenvalue weighted by Gasteiger charge is 2.44. The van der Waals surface area contributed by atoms with Crippen LogP contribution in [0.1, 0.15) is 38.7 Å². The molecule has 1 aliphatic carbocycles. The van der Waals surface area contributed by atoms with Crippen LogP contribution in [0, 0.1) is 5.41 Å². The van der Waals surface area contributed by atoms with Gasteiger partial charge in [0.05, 0.1) is 6.20 Å². The monoisotopic (exact) mass is 250 g/mol. The van der Waals surface area contributed by atoms with E-state index in [2.05, 4.69) is 37.1 Å². The molecular formula is C14H26N4. The third kappa shape index (κ3) is 2.59. The number of hydrogen-bond acceptors (Lipinski definition) is 3. The summed E-state index contributed by atoms with van der Waals surface area (Å²) in [5, 5.41) is 4.23. The van der Waals surface area contributed by atoms with Crippen molar-refractivity contribution in [2.75, 3.05) is 13.6 Å². The molecular weight excluding hydrogens is 224 g/mol. The first kappa shape index (κ1) is 13.6. The van der Waals surface area contributed by atoms with E-state index in [1.54, 1.807) is 0 Å². The SMILES string of the molecule is CN(Cc1cnn(C)c1)C1(CN)CCC(C)(C)C1. The highest BCUT2D eigenvalue weighted by atomic mass is 15.3. The van der Waals surface area contributed by atoms with Crippen molar-refractivity contribution >= 4 is 0 Å². The van der Waals surface area contributed by atoms with Crippen LogP contribution in [0.15, 0.2) is 12.4 Å². The maximum absolute atomic E-state index is 6.09. The van der Waals surface area contributed by atoms with Crippen molar-refractivity contribution in [1.82, 2.24) is 14.7 Å². The summed E-state index contributed by atoms with van der Waals surface area (Å²) in [6.45, 7) is 6.37. The van der Waals surface area contributed by atoms with E-state index < -0.39 is 0 Å². The molecule has 2 rings (SSSR count). The molecule has 1 fully saturated rings. The predicted molar refractivity (Wildman–Crippen MR) is 74.1 cm³/mol. The van der Waals surface area contributed by atoms with Crippen LogP contribution in [0.5, 0.6) is 0 Å². The largest absolute Gasteiger partial charge is 0.329 e. The van der Waals surface area contributed by atoms with Gasteiger partial charge in [-0.1, -0.05) is 13.8 Å². The standard InChI is InChI=1S/C14H26N4/c1-13(2)5-6-14(10-13,11-15)17(3)8-12-7-16-18(4)9-12/h7,9H,5-6,8,10-11,15H2,1-4H3. The minimum Gasteiger partial charge on any atom is -0.329 e. The van der Waals surface area contributed by atoms with Gasteiger partial charge in [-0.2, -0.15) is 5.10 Å². The maximum atomic E-state index is 6.09. The minimum atomic E-state index is 0.166. The molecule has 1 aliphatic rings. The van der Waals surface area contributed by atoms with E-state index in [9.17, 15) is 0 Å². The van der Waals surface area contributed by atoms with Gasteiger partial charge in [0.25, 0.3) is 0 Å². The molecule has 102 valence electrons. The third-order valence-corrected chi connectivity index (χ3v) is 4.44. The Labute approximate surface area is 110 Å². The summed E-state index contributed by atoms with van der Waals surface area (Å²) in [6, 6.07) is 0. The van der Waals surface area contributed by atoms with Gasteiger partial charge in [0.1, 0.15) is 0 Å². The molecule has 18 heavy (non-hydrogen) atoms. The first-order chi connectivity index (χ1) is 8.37. The van der Waals surface area contributed by atoms with Crippen molar-refractivity contribution in [3.63, 3.8) is 0 Å². The fraction of sp³-hybridized carbons (Fsp3) is 0.786. The van der Waals surface area contributed by atoms with E-state index in [1.807, 2.05) is 17.9 Å². The normalized spacial score (nSPS) is 27.0. The average molecular weight is 250 g/mol. The Balaban J connectivity index is 2.09. The van der Waals surface area contributed by atoms with Crippen LogP contribution in [0.3, 0.4) is 0 Å². The van der Waals surface area contributed by atoms with Crippen LogP contribution in [0.25, 0.3) is 0 Å². The van der Waals surface area contributed by atoms with Crippen molar-refractivity contribution in [2.24, 2.45) is 18.2 Å². The molecule has 1 aromatic heterocycles. The summed E-state index contributed by atoms with van der Waals surface area (Å²) >= 11 is 0. The third-order valence-electron chi connectivity index (χ3n) is 4.44. The van der Waals surface area contributed by atoms with Gasteiger partial charge in [-0.05, 0) is 31.7 Å². The van der Waals surface area contributed by atoms with Crippen molar-refractivity contribution < 1.29 is 0 Å². The van der Waals surface area contributed by atoms with Gasteiger partial charge in [0, 0.05) is 37.4 Å². The molecule has 4 nitrogen and oxygen atoms in total. The molecule has 4 heteroatoms. The first-order valence-electron chi connectivity index (χ1n) is 6.76. The number of aromatic nitrogens is 2. The van der Waals surface area contributed by atoms with Gasteiger partial charge >= 0.3 is 0 Å². The van der Waals surface area contributed by atoms with Crippen molar-refractivity contribution in [1.29, 1.82) is 0 Å². The molecule has 0 radical (unpaired) electrons. The average Bonchev–Trinajstić information content (AvgIpc) is 2.83. The van der Waals surface area contributed by atoms with Crippen LogP contribution in [0.4, 0.5) is 0 Å². The van der Waals surface area contributed by atoms with Gasteiger partial charge < -0.3 is 5.73 Å². The lowest BCUT2D eigenvalue weighted by Gasteiger charge is -2.39. The Morgan fingerprint density at radius 3 is 2.61 bits per heavy atom. The highest BCUT2D eigenvalue weighted by Crippen LogP contribution is 2.46. The Kier molecular flexibility index (Phi) is 3.52. The van der Waals surface area contributed by atoms with Crippen LogP contribution in [0.2, 0.25) is 0 Å². The van der Waals surface area contributed by atoms with Crippen LogP contribution < -0.4 is 5.73 Å². The smallest absolute Gasteiger partial charge is 0.0534 e. The number of nitrogens with two attached hydrogens (primary N) is 1. The Morgan fingerprint density at radius 2 is 2.17 bits per heavy atom. The van der Waals surface area contributed by atoms with Gasteiger partial charge in [-0.15, -0.1) is 0 Å². The zero-order valence-electron chi connectivity index (χ0n) is 12.1. The van der Waals surface area contributed by atoms with Crippen LogP contribution >= 0.6 is 0 Å². The highest BCUT2D eigenvalue weighted by molar-refractivity contribution is 5.07. The molecule has 1 aromatic rings. The molecule has 1 unspecified atom stereocenters. The Morgan fingerprint density at radius 1 is 1.44 bits per heavy atom. The van der Waals surface area contributed by atoms with E-state index >= 15 is 0 Å². The van der Waals surface area contributed by atoms with Gasteiger partial charge in [-0.3, -0.25) is 9.58 Å². The zero-order chi connectivity index (χ0) is 13.4. The second-order valence-electron chi connectivity index (χ2n) is 6.65. The lowest BCUT2D eigenvalue weighted by Crippen LogP contribution is -2.50. The van der Waals surface area contributed by atoms with Crippen molar-refractivity contribution in [3.8, 4) is 0 Å². The van der Waals surface area contributed by atoms with E-state index in [0.717, 1.165) is 13.1 Å². The van der Waals surface area contributed by atoms with E-state index in [4.69, 9.17) is 5.73 Å². The van der Waals surface area contributed by atoms with Crippen LogP contribution in [-0.4, -0.2) is 33.8 Å². The van der Waals surface area contributed by atoms with Gasteiger partial charge in [0.15, 0.2) is 0 Å². The van der Waals surface area contributed by atoms with Crippen molar-refractivity contribution in [2.45, 2.75) is 45.2 Å².